The van der Waals surface area contributed by atoms with Crippen molar-refractivity contribution in [1.29, 1.82) is 0 Å². The fourth-order valence-corrected chi connectivity index (χ4v) is 2.26. The smallest absolute Gasteiger partial charge is 0.223 e. The highest BCUT2D eigenvalue weighted by molar-refractivity contribution is 5.20. The standard InChI is InChI=1S/C16H21N3O2/c1-3-19-12-16(21)15(20)10-14(19)11-18(2)9-6-13-4-7-17-8-5-13/h4-5,7-8,10,12,21H,3,6,9,11H2,1-2H3. The maximum Gasteiger partial charge on any atom is 0.223 e. The van der Waals surface area contributed by atoms with Crippen molar-refractivity contribution in [2.24, 2.45) is 0 Å². The second-order valence-corrected chi connectivity index (χ2v) is 5.14. The predicted molar refractivity (Wildman–Crippen MR) is 82.3 cm³/mol. The van der Waals surface area contributed by atoms with Gasteiger partial charge < -0.3 is 14.6 Å². The monoisotopic (exact) mass is 287 g/mol. The quantitative estimate of drug-likeness (QED) is 0.877. The minimum absolute atomic E-state index is 0.194. The molecule has 0 radical (unpaired) electrons. The fourth-order valence-electron chi connectivity index (χ4n) is 2.26. The van der Waals surface area contributed by atoms with Gasteiger partial charge in [0.05, 0.1) is 6.20 Å². The van der Waals surface area contributed by atoms with E-state index < -0.39 is 0 Å². The Labute approximate surface area is 124 Å². The van der Waals surface area contributed by atoms with Crippen molar-refractivity contribution in [3.8, 4) is 5.75 Å². The van der Waals surface area contributed by atoms with E-state index in [0.29, 0.717) is 6.54 Å². The molecule has 2 rings (SSSR count). The summed E-state index contributed by atoms with van der Waals surface area (Å²) in [5.74, 6) is -0.194. The van der Waals surface area contributed by atoms with E-state index in [0.717, 1.165) is 25.2 Å². The van der Waals surface area contributed by atoms with Gasteiger partial charge in [0, 0.05) is 43.8 Å². The Kier molecular flexibility index (Phi) is 5.11. The van der Waals surface area contributed by atoms with E-state index in [4.69, 9.17) is 0 Å². The van der Waals surface area contributed by atoms with Gasteiger partial charge in [-0.1, -0.05) is 0 Å². The van der Waals surface area contributed by atoms with Crippen LogP contribution in [0.1, 0.15) is 18.2 Å². The number of rotatable bonds is 6. The van der Waals surface area contributed by atoms with Gasteiger partial charge in [-0.25, -0.2) is 0 Å². The zero-order valence-electron chi connectivity index (χ0n) is 12.5. The van der Waals surface area contributed by atoms with Crippen molar-refractivity contribution in [3.63, 3.8) is 0 Å². The van der Waals surface area contributed by atoms with Crippen molar-refractivity contribution >= 4 is 0 Å². The summed E-state index contributed by atoms with van der Waals surface area (Å²) in [6, 6.07) is 5.54. The Bertz CT molecular complexity index is 638. The maximum absolute atomic E-state index is 11.6. The summed E-state index contributed by atoms with van der Waals surface area (Å²) >= 11 is 0. The molecule has 0 saturated carbocycles. The minimum Gasteiger partial charge on any atom is -0.503 e. The first-order valence-corrected chi connectivity index (χ1v) is 7.10. The van der Waals surface area contributed by atoms with Crippen molar-refractivity contribution in [2.75, 3.05) is 13.6 Å². The molecule has 0 aromatic carbocycles. The van der Waals surface area contributed by atoms with Gasteiger partial charge in [0.1, 0.15) is 0 Å². The van der Waals surface area contributed by atoms with Crippen LogP contribution in [0, 0.1) is 0 Å². The average Bonchev–Trinajstić information content (AvgIpc) is 2.49. The summed E-state index contributed by atoms with van der Waals surface area (Å²) in [6.07, 6.45) is 6.04. The third kappa shape index (κ3) is 4.16. The predicted octanol–water partition coefficient (Wildman–Crippen LogP) is 1.64. The molecule has 2 aromatic rings. The van der Waals surface area contributed by atoms with Gasteiger partial charge in [-0.15, -0.1) is 0 Å². The van der Waals surface area contributed by atoms with Crippen LogP contribution in [-0.2, 0) is 19.5 Å². The number of nitrogens with zero attached hydrogens (tertiary/aromatic N) is 3. The van der Waals surface area contributed by atoms with Gasteiger partial charge in [0.2, 0.25) is 5.43 Å². The second kappa shape index (κ2) is 7.04. The van der Waals surface area contributed by atoms with Crippen LogP contribution in [0.25, 0.3) is 0 Å². The molecule has 0 aliphatic carbocycles. The van der Waals surface area contributed by atoms with E-state index in [1.54, 1.807) is 12.4 Å². The summed E-state index contributed by atoms with van der Waals surface area (Å²) in [5.41, 5.74) is 1.84. The Morgan fingerprint density at radius 2 is 2.05 bits per heavy atom. The normalized spacial score (nSPS) is 11.0. The third-order valence-corrected chi connectivity index (χ3v) is 3.50. The first-order chi connectivity index (χ1) is 10.1. The highest BCUT2D eigenvalue weighted by Gasteiger charge is 2.07. The molecular formula is C16H21N3O2. The van der Waals surface area contributed by atoms with Crippen molar-refractivity contribution in [3.05, 3.63) is 58.3 Å². The van der Waals surface area contributed by atoms with Crippen LogP contribution in [0.3, 0.4) is 0 Å². The number of aromatic nitrogens is 2. The first kappa shape index (κ1) is 15.3. The Hall–Kier alpha value is -2.14. The Morgan fingerprint density at radius 3 is 2.71 bits per heavy atom. The van der Waals surface area contributed by atoms with E-state index >= 15 is 0 Å². The summed E-state index contributed by atoms with van der Waals surface area (Å²) in [5, 5.41) is 9.49. The highest BCUT2D eigenvalue weighted by atomic mass is 16.3. The summed E-state index contributed by atoms with van der Waals surface area (Å²) < 4.78 is 1.90. The molecule has 0 spiro atoms. The Balaban J connectivity index is 2.01. The Morgan fingerprint density at radius 1 is 1.33 bits per heavy atom. The molecule has 0 saturated heterocycles. The van der Waals surface area contributed by atoms with Gasteiger partial charge in [-0.2, -0.15) is 0 Å². The van der Waals surface area contributed by atoms with Crippen LogP contribution in [0.5, 0.6) is 5.75 Å². The highest BCUT2D eigenvalue weighted by Crippen LogP contribution is 2.08. The molecule has 5 heteroatoms. The lowest BCUT2D eigenvalue weighted by Crippen LogP contribution is -2.24. The number of pyridine rings is 2. The molecule has 2 heterocycles. The molecule has 0 fully saturated rings. The van der Waals surface area contributed by atoms with Crippen LogP contribution in [0.2, 0.25) is 0 Å². The van der Waals surface area contributed by atoms with Crippen molar-refractivity contribution in [2.45, 2.75) is 26.4 Å². The molecule has 1 N–H and O–H groups in total. The lowest BCUT2D eigenvalue weighted by Gasteiger charge is -2.19. The number of aromatic hydroxyl groups is 1. The van der Waals surface area contributed by atoms with E-state index in [1.165, 1.54) is 17.8 Å². The van der Waals surface area contributed by atoms with Crippen LogP contribution >= 0.6 is 0 Å². The van der Waals surface area contributed by atoms with E-state index in [-0.39, 0.29) is 11.2 Å². The minimum atomic E-state index is -0.322. The summed E-state index contributed by atoms with van der Waals surface area (Å²) in [6.45, 7) is 4.28. The van der Waals surface area contributed by atoms with Crippen LogP contribution in [0.15, 0.2) is 41.6 Å². The molecule has 2 aromatic heterocycles. The second-order valence-electron chi connectivity index (χ2n) is 5.14. The van der Waals surface area contributed by atoms with Gasteiger partial charge >= 0.3 is 0 Å². The zero-order chi connectivity index (χ0) is 15.2. The molecule has 112 valence electrons. The zero-order valence-corrected chi connectivity index (χ0v) is 12.5. The molecule has 0 atom stereocenters. The van der Waals surface area contributed by atoms with Crippen LogP contribution in [-0.4, -0.2) is 33.1 Å². The molecule has 0 aliphatic rings. The maximum atomic E-state index is 11.6. The van der Waals surface area contributed by atoms with Gasteiger partial charge in [-0.3, -0.25) is 9.78 Å². The third-order valence-electron chi connectivity index (χ3n) is 3.50. The van der Waals surface area contributed by atoms with Gasteiger partial charge in [0.15, 0.2) is 5.75 Å². The van der Waals surface area contributed by atoms with Gasteiger partial charge in [0.25, 0.3) is 0 Å². The number of hydrogen-bond donors (Lipinski definition) is 1. The lowest BCUT2D eigenvalue weighted by molar-refractivity contribution is 0.319. The van der Waals surface area contributed by atoms with E-state index in [1.807, 2.05) is 30.7 Å². The van der Waals surface area contributed by atoms with E-state index in [2.05, 4.69) is 9.88 Å². The van der Waals surface area contributed by atoms with E-state index in [9.17, 15) is 9.90 Å². The SMILES string of the molecule is CCn1cc(O)c(=O)cc1CN(C)CCc1ccncc1. The molecule has 0 unspecified atom stereocenters. The largest absolute Gasteiger partial charge is 0.503 e. The average molecular weight is 287 g/mol. The molecule has 0 amide bonds. The number of likely N-dealkylation sites (N-methyl/N-ethyl adjacent to an activating group) is 1. The number of aryl methyl sites for hydroxylation is 1. The van der Waals surface area contributed by atoms with Crippen molar-refractivity contribution < 1.29 is 5.11 Å². The van der Waals surface area contributed by atoms with Crippen LogP contribution < -0.4 is 5.43 Å². The lowest BCUT2D eigenvalue weighted by atomic mass is 10.2. The number of hydrogen-bond acceptors (Lipinski definition) is 4. The molecular weight excluding hydrogens is 266 g/mol. The molecule has 0 bridgehead atoms. The molecule has 5 nitrogen and oxygen atoms in total. The first-order valence-electron chi connectivity index (χ1n) is 7.10. The summed E-state index contributed by atoms with van der Waals surface area (Å²) in [7, 11) is 2.03. The molecule has 21 heavy (non-hydrogen) atoms. The topological polar surface area (TPSA) is 58.4 Å². The molecule has 0 aliphatic heterocycles. The van der Waals surface area contributed by atoms with Crippen molar-refractivity contribution in [1.82, 2.24) is 14.5 Å². The fraction of sp³-hybridized carbons (Fsp3) is 0.375. The van der Waals surface area contributed by atoms with Crippen LogP contribution in [0.4, 0.5) is 0 Å². The van der Waals surface area contributed by atoms with Gasteiger partial charge in [-0.05, 0) is 38.1 Å². The summed E-state index contributed by atoms with van der Waals surface area (Å²) in [4.78, 5) is 17.8.